The number of anilines is 1. The molecule has 1 aliphatic heterocycles. The van der Waals surface area contributed by atoms with E-state index in [4.69, 9.17) is 0 Å². The molecule has 0 aliphatic carbocycles. The van der Waals surface area contributed by atoms with Crippen molar-refractivity contribution in [3.05, 3.63) is 12.4 Å². The van der Waals surface area contributed by atoms with Crippen LogP contribution in [0.4, 0.5) is 5.69 Å². The smallest absolute Gasteiger partial charge is 0.227 e. The Bertz CT molecular complexity index is 360. The number of amides is 1. The van der Waals surface area contributed by atoms with Crippen molar-refractivity contribution < 1.29 is 4.79 Å². The van der Waals surface area contributed by atoms with Gasteiger partial charge < -0.3 is 10.6 Å². The minimum atomic E-state index is 0. The number of rotatable bonds is 3. The number of carbonyl (C=O) groups is 1. The summed E-state index contributed by atoms with van der Waals surface area (Å²) in [7, 11) is 0. The molecule has 0 unspecified atom stereocenters. The monoisotopic (exact) mass is 258 g/mol. The van der Waals surface area contributed by atoms with Crippen molar-refractivity contribution in [1.82, 2.24) is 15.1 Å². The molecule has 1 aromatic heterocycles. The molecule has 0 aromatic carbocycles. The third-order valence-electron chi connectivity index (χ3n) is 2.93. The highest BCUT2D eigenvalue weighted by molar-refractivity contribution is 5.92. The fourth-order valence-electron chi connectivity index (χ4n) is 1.93. The summed E-state index contributed by atoms with van der Waals surface area (Å²) in [6.45, 7) is 4.72. The fourth-order valence-corrected chi connectivity index (χ4v) is 1.93. The van der Waals surface area contributed by atoms with Crippen molar-refractivity contribution in [3.63, 3.8) is 0 Å². The average Bonchev–Trinajstić information content (AvgIpc) is 2.78. The minimum Gasteiger partial charge on any atom is -0.323 e. The van der Waals surface area contributed by atoms with Crippen LogP contribution in [0.3, 0.4) is 0 Å². The molecule has 0 atom stereocenters. The van der Waals surface area contributed by atoms with Crippen molar-refractivity contribution in [2.75, 3.05) is 18.4 Å². The number of hydrogen-bond acceptors (Lipinski definition) is 3. The van der Waals surface area contributed by atoms with Crippen LogP contribution in [-0.4, -0.2) is 28.8 Å². The molecular weight excluding hydrogens is 240 g/mol. The summed E-state index contributed by atoms with van der Waals surface area (Å²) >= 11 is 0. The standard InChI is InChI=1S/C11H18N4O.ClH/c1-2-15-8-10(7-13-15)14-11(16)9-3-5-12-6-4-9;/h7-9,12H,2-6H2,1H3,(H,14,16);1H. The first-order valence-corrected chi connectivity index (χ1v) is 5.83. The van der Waals surface area contributed by atoms with E-state index in [0.717, 1.165) is 38.2 Å². The SMILES string of the molecule is CCn1cc(NC(=O)C2CCNCC2)cn1.Cl. The van der Waals surface area contributed by atoms with Gasteiger partial charge in [0.15, 0.2) is 0 Å². The summed E-state index contributed by atoms with van der Waals surface area (Å²) < 4.78 is 1.80. The van der Waals surface area contributed by atoms with Crippen LogP contribution in [0.5, 0.6) is 0 Å². The molecule has 2 rings (SSSR count). The van der Waals surface area contributed by atoms with Gasteiger partial charge in [-0.2, -0.15) is 5.10 Å². The molecule has 2 heterocycles. The number of halogens is 1. The van der Waals surface area contributed by atoms with Gasteiger partial charge in [-0.25, -0.2) is 0 Å². The number of nitrogens with zero attached hydrogens (tertiary/aromatic N) is 2. The zero-order chi connectivity index (χ0) is 11.4. The van der Waals surface area contributed by atoms with Crippen LogP contribution in [0.2, 0.25) is 0 Å². The molecule has 1 amide bonds. The van der Waals surface area contributed by atoms with Crippen LogP contribution in [-0.2, 0) is 11.3 Å². The van der Waals surface area contributed by atoms with Gasteiger partial charge in [-0.3, -0.25) is 9.48 Å². The van der Waals surface area contributed by atoms with Crippen LogP contribution < -0.4 is 10.6 Å². The van der Waals surface area contributed by atoms with Gasteiger partial charge in [0, 0.05) is 18.7 Å². The Labute approximate surface area is 107 Å². The van der Waals surface area contributed by atoms with Gasteiger partial charge in [0.2, 0.25) is 5.91 Å². The Morgan fingerprint density at radius 3 is 2.88 bits per heavy atom. The Morgan fingerprint density at radius 1 is 1.59 bits per heavy atom. The summed E-state index contributed by atoms with van der Waals surface area (Å²) in [6.07, 6.45) is 5.41. The maximum absolute atomic E-state index is 11.9. The molecule has 1 saturated heterocycles. The van der Waals surface area contributed by atoms with Crippen molar-refractivity contribution >= 4 is 24.0 Å². The zero-order valence-electron chi connectivity index (χ0n) is 9.98. The first kappa shape index (κ1) is 14.0. The van der Waals surface area contributed by atoms with Crippen LogP contribution in [0.1, 0.15) is 19.8 Å². The van der Waals surface area contributed by atoms with E-state index >= 15 is 0 Å². The molecule has 6 heteroatoms. The number of piperidine rings is 1. The van der Waals surface area contributed by atoms with E-state index < -0.39 is 0 Å². The van der Waals surface area contributed by atoms with E-state index in [1.165, 1.54) is 0 Å². The highest BCUT2D eigenvalue weighted by atomic mass is 35.5. The van der Waals surface area contributed by atoms with E-state index in [1.807, 2.05) is 13.1 Å². The van der Waals surface area contributed by atoms with Gasteiger partial charge in [0.25, 0.3) is 0 Å². The van der Waals surface area contributed by atoms with Gasteiger partial charge in [-0.05, 0) is 32.9 Å². The molecule has 2 N–H and O–H groups in total. The Hall–Kier alpha value is -1.07. The topological polar surface area (TPSA) is 59.0 Å². The normalized spacial score (nSPS) is 16.3. The van der Waals surface area contributed by atoms with Crippen LogP contribution in [0.15, 0.2) is 12.4 Å². The van der Waals surface area contributed by atoms with Crippen LogP contribution >= 0.6 is 12.4 Å². The molecule has 0 saturated carbocycles. The molecular formula is C11H19ClN4O. The fraction of sp³-hybridized carbons (Fsp3) is 0.636. The van der Waals surface area contributed by atoms with Gasteiger partial charge in [-0.15, -0.1) is 12.4 Å². The van der Waals surface area contributed by atoms with Crippen molar-refractivity contribution in [2.24, 2.45) is 5.92 Å². The third-order valence-corrected chi connectivity index (χ3v) is 2.93. The first-order valence-electron chi connectivity index (χ1n) is 5.83. The van der Waals surface area contributed by atoms with E-state index in [-0.39, 0.29) is 24.2 Å². The summed E-state index contributed by atoms with van der Waals surface area (Å²) in [6, 6.07) is 0. The number of aryl methyl sites for hydroxylation is 1. The quantitative estimate of drug-likeness (QED) is 0.858. The van der Waals surface area contributed by atoms with E-state index in [9.17, 15) is 4.79 Å². The Balaban J connectivity index is 0.00000144. The highest BCUT2D eigenvalue weighted by Gasteiger charge is 2.20. The van der Waals surface area contributed by atoms with Gasteiger partial charge in [-0.1, -0.05) is 0 Å². The summed E-state index contributed by atoms with van der Waals surface area (Å²) in [5, 5.41) is 10.3. The van der Waals surface area contributed by atoms with Crippen molar-refractivity contribution in [3.8, 4) is 0 Å². The predicted molar refractivity (Wildman–Crippen MR) is 69.4 cm³/mol. The number of carbonyl (C=O) groups excluding carboxylic acids is 1. The Morgan fingerprint density at radius 2 is 2.29 bits per heavy atom. The lowest BCUT2D eigenvalue weighted by atomic mass is 9.97. The molecule has 0 spiro atoms. The first-order chi connectivity index (χ1) is 7.79. The number of hydrogen-bond donors (Lipinski definition) is 2. The maximum Gasteiger partial charge on any atom is 0.227 e. The lowest BCUT2D eigenvalue weighted by molar-refractivity contribution is -0.120. The molecule has 0 radical (unpaired) electrons. The lowest BCUT2D eigenvalue weighted by Crippen LogP contribution is -2.34. The van der Waals surface area contributed by atoms with Crippen molar-refractivity contribution in [1.29, 1.82) is 0 Å². The second-order valence-corrected chi connectivity index (χ2v) is 4.10. The Kier molecular flexibility index (Phi) is 5.44. The predicted octanol–water partition coefficient (Wildman–Crippen LogP) is 1.26. The summed E-state index contributed by atoms with van der Waals surface area (Å²) in [5.41, 5.74) is 0.797. The number of aromatic nitrogens is 2. The van der Waals surface area contributed by atoms with Gasteiger partial charge >= 0.3 is 0 Å². The minimum absolute atomic E-state index is 0. The third kappa shape index (κ3) is 3.71. The van der Waals surface area contributed by atoms with Crippen molar-refractivity contribution in [2.45, 2.75) is 26.3 Å². The zero-order valence-corrected chi connectivity index (χ0v) is 10.8. The largest absolute Gasteiger partial charge is 0.323 e. The molecule has 17 heavy (non-hydrogen) atoms. The van der Waals surface area contributed by atoms with E-state index in [2.05, 4.69) is 15.7 Å². The van der Waals surface area contributed by atoms with Gasteiger partial charge in [0.1, 0.15) is 0 Å². The van der Waals surface area contributed by atoms with E-state index in [1.54, 1.807) is 10.9 Å². The highest BCUT2D eigenvalue weighted by Crippen LogP contribution is 2.14. The van der Waals surface area contributed by atoms with Gasteiger partial charge in [0.05, 0.1) is 11.9 Å². The average molecular weight is 259 g/mol. The summed E-state index contributed by atoms with van der Waals surface area (Å²) in [4.78, 5) is 11.9. The number of nitrogens with one attached hydrogen (secondary N) is 2. The molecule has 1 aromatic rings. The second-order valence-electron chi connectivity index (χ2n) is 4.10. The van der Waals surface area contributed by atoms with E-state index in [0.29, 0.717) is 0 Å². The molecule has 1 fully saturated rings. The summed E-state index contributed by atoms with van der Waals surface area (Å²) in [5.74, 6) is 0.267. The molecule has 1 aliphatic rings. The maximum atomic E-state index is 11.9. The molecule has 0 bridgehead atoms. The van der Waals surface area contributed by atoms with Crippen LogP contribution in [0.25, 0.3) is 0 Å². The molecule has 5 nitrogen and oxygen atoms in total. The lowest BCUT2D eigenvalue weighted by Gasteiger charge is -2.21. The van der Waals surface area contributed by atoms with Crippen LogP contribution in [0, 0.1) is 5.92 Å². The molecule has 96 valence electrons. The second kappa shape index (κ2) is 6.61.